The second kappa shape index (κ2) is 7.61. The lowest BCUT2D eigenvalue weighted by Crippen LogP contribution is -2.26. The molecule has 0 aliphatic heterocycles. The van der Waals surface area contributed by atoms with E-state index in [0.29, 0.717) is 21.2 Å². The summed E-state index contributed by atoms with van der Waals surface area (Å²) >= 11 is 12.5. The molecule has 0 atom stereocenters. The Morgan fingerprint density at radius 1 is 1.04 bits per heavy atom. The van der Waals surface area contributed by atoms with Crippen LogP contribution in [0, 0.1) is 0 Å². The van der Waals surface area contributed by atoms with Crippen molar-refractivity contribution in [2.24, 2.45) is 0 Å². The molecular formula is C22H22Cl2N2O2. The summed E-state index contributed by atoms with van der Waals surface area (Å²) in [6, 6.07) is 12.9. The van der Waals surface area contributed by atoms with E-state index in [1.54, 1.807) is 12.1 Å². The Balaban J connectivity index is 2.41. The van der Waals surface area contributed by atoms with Gasteiger partial charge >= 0.3 is 5.97 Å². The van der Waals surface area contributed by atoms with E-state index in [9.17, 15) is 4.79 Å². The van der Waals surface area contributed by atoms with Crippen molar-refractivity contribution in [3.05, 3.63) is 58.2 Å². The summed E-state index contributed by atoms with van der Waals surface area (Å²) < 4.78 is 5.62. The van der Waals surface area contributed by atoms with Gasteiger partial charge in [0.05, 0.1) is 11.2 Å². The fourth-order valence-corrected chi connectivity index (χ4v) is 3.43. The summed E-state index contributed by atoms with van der Waals surface area (Å²) in [6.07, 6.45) is 0. The van der Waals surface area contributed by atoms with E-state index in [1.807, 2.05) is 70.1 Å². The van der Waals surface area contributed by atoms with Crippen LogP contribution in [0.25, 0.3) is 22.0 Å². The lowest BCUT2D eigenvalue weighted by molar-refractivity contribution is 0.00642. The van der Waals surface area contributed by atoms with Crippen molar-refractivity contribution in [1.82, 2.24) is 4.98 Å². The highest BCUT2D eigenvalue weighted by Crippen LogP contribution is 2.40. The quantitative estimate of drug-likeness (QED) is 0.474. The van der Waals surface area contributed by atoms with Gasteiger partial charge in [-0.25, -0.2) is 9.78 Å². The lowest BCUT2D eigenvalue weighted by Gasteiger charge is -2.25. The van der Waals surface area contributed by atoms with Crippen LogP contribution in [0.5, 0.6) is 0 Å². The first-order valence-corrected chi connectivity index (χ1v) is 9.62. The summed E-state index contributed by atoms with van der Waals surface area (Å²) in [5, 5.41) is 2.03. The molecule has 0 saturated heterocycles. The van der Waals surface area contributed by atoms with Gasteiger partial charge in [0, 0.05) is 35.1 Å². The number of aromatic nitrogens is 1. The number of halogens is 2. The largest absolute Gasteiger partial charge is 0.455 e. The number of rotatable bonds is 3. The molecule has 0 spiro atoms. The molecule has 28 heavy (non-hydrogen) atoms. The van der Waals surface area contributed by atoms with Crippen LogP contribution < -0.4 is 4.90 Å². The molecule has 6 heteroatoms. The first-order valence-electron chi connectivity index (χ1n) is 8.86. The predicted molar refractivity (Wildman–Crippen MR) is 117 cm³/mol. The van der Waals surface area contributed by atoms with Gasteiger partial charge in [-0.2, -0.15) is 0 Å². The van der Waals surface area contributed by atoms with Crippen LogP contribution in [0.3, 0.4) is 0 Å². The van der Waals surface area contributed by atoms with E-state index in [-0.39, 0.29) is 5.69 Å². The number of carbonyl (C=O) groups is 1. The maximum Gasteiger partial charge on any atom is 0.359 e. The van der Waals surface area contributed by atoms with Crippen molar-refractivity contribution in [3.8, 4) is 11.1 Å². The number of pyridine rings is 1. The summed E-state index contributed by atoms with van der Waals surface area (Å²) in [7, 11) is 3.74. The molecule has 146 valence electrons. The second-order valence-corrected chi connectivity index (χ2v) is 8.63. The Bertz CT molecular complexity index is 1060. The molecule has 0 amide bonds. The van der Waals surface area contributed by atoms with Gasteiger partial charge in [0.2, 0.25) is 0 Å². The molecule has 1 heterocycles. The minimum Gasteiger partial charge on any atom is -0.455 e. The van der Waals surface area contributed by atoms with E-state index >= 15 is 0 Å². The average molecular weight is 417 g/mol. The predicted octanol–water partition coefficient (Wildman–Crippen LogP) is 6.23. The molecule has 3 aromatic rings. The number of hydrogen-bond acceptors (Lipinski definition) is 4. The zero-order chi connectivity index (χ0) is 20.6. The molecule has 0 unspecified atom stereocenters. The Hall–Kier alpha value is -2.30. The molecule has 0 radical (unpaired) electrons. The van der Waals surface area contributed by atoms with E-state index in [2.05, 4.69) is 4.98 Å². The Morgan fingerprint density at radius 2 is 1.71 bits per heavy atom. The number of carbonyl (C=O) groups excluding carboxylic acids is 1. The number of nitrogens with zero attached hydrogens (tertiary/aromatic N) is 2. The molecule has 2 aromatic carbocycles. The third kappa shape index (κ3) is 4.23. The van der Waals surface area contributed by atoms with Gasteiger partial charge in [0.25, 0.3) is 0 Å². The van der Waals surface area contributed by atoms with Crippen LogP contribution >= 0.6 is 23.2 Å². The Morgan fingerprint density at radius 3 is 2.32 bits per heavy atom. The average Bonchev–Trinajstić information content (AvgIpc) is 2.58. The number of fused-ring (bicyclic) bond motifs is 1. The van der Waals surface area contributed by atoms with Gasteiger partial charge < -0.3 is 9.64 Å². The van der Waals surface area contributed by atoms with E-state index in [4.69, 9.17) is 27.9 Å². The molecule has 0 aliphatic rings. The molecule has 0 saturated carbocycles. The van der Waals surface area contributed by atoms with Crippen molar-refractivity contribution in [1.29, 1.82) is 0 Å². The molecule has 0 N–H and O–H groups in total. The third-order valence-electron chi connectivity index (χ3n) is 4.07. The maximum atomic E-state index is 13.0. The van der Waals surface area contributed by atoms with Crippen molar-refractivity contribution < 1.29 is 9.53 Å². The van der Waals surface area contributed by atoms with Gasteiger partial charge in [-0.1, -0.05) is 35.3 Å². The first kappa shape index (κ1) is 20.4. The summed E-state index contributed by atoms with van der Waals surface area (Å²) in [6.45, 7) is 5.50. The van der Waals surface area contributed by atoms with Gasteiger partial charge in [-0.15, -0.1) is 0 Å². The van der Waals surface area contributed by atoms with Crippen LogP contribution in [-0.4, -0.2) is 30.6 Å². The standard InChI is InChI=1S/C22H22Cl2N2O2/c1-22(2,3)28-21(27)19-20(26(4)5)18(13-7-6-8-14(23)11-13)16-12-15(24)9-10-17(16)25-19/h6-12H,1-5H3. The molecule has 0 bridgehead atoms. The van der Waals surface area contributed by atoms with Gasteiger partial charge in [0.1, 0.15) is 5.60 Å². The van der Waals surface area contributed by atoms with Gasteiger partial charge in [-0.3, -0.25) is 0 Å². The van der Waals surface area contributed by atoms with Crippen LogP contribution in [0.2, 0.25) is 10.0 Å². The normalized spacial score (nSPS) is 11.5. The third-order valence-corrected chi connectivity index (χ3v) is 4.54. The summed E-state index contributed by atoms with van der Waals surface area (Å²) in [5.74, 6) is -0.476. The Kier molecular flexibility index (Phi) is 5.55. The zero-order valence-electron chi connectivity index (χ0n) is 16.5. The number of ether oxygens (including phenoxy) is 1. The van der Waals surface area contributed by atoms with Crippen LogP contribution in [0.4, 0.5) is 5.69 Å². The fourth-order valence-electron chi connectivity index (χ4n) is 3.07. The molecule has 1 aromatic heterocycles. The molecule has 0 fully saturated rings. The number of anilines is 1. The molecular weight excluding hydrogens is 395 g/mol. The maximum absolute atomic E-state index is 13.0. The minimum absolute atomic E-state index is 0.254. The van der Waals surface area contributed by atoms with Crippen molar-refractivity contribution >= 4 is 45.8 Å². The zero-order valence-corrected chi connectivity index (χ0v) is 18.0. The molecule has 4 nitrogen and oxygen atoms in total. The number of hydrogen-bond donors (Lipinski definition) is 0. The summed E-state index contributed by atoms with van der Waals surface area (Å²) in [5.41, 5.74) is 2.64. The smallest absolute Gasteiger partial charge is 0.359 e. The highest BCUT2D eigenvalue weighted by Gasteiger charge is 2.27. The fraction of sp³-hybridized carbons (Fsp3) is 0.273. The van der Waals surface area contributed by atoms with E-state index < -0.39 is 11.6 Å². The van der Waals surface area contributed by atoms with Gasteiger partial charge in [0.15, 0.2) is 5.69 Å². The highest BCUT2D eigenvalue weighted by atomic mass is 35.5. The van der Waals surface area contributed by atoms with E-state index in [1.165, 1.54) is 0 Å². The highest BCUT2D eigenvalue weighted by molar-refractivity contribution is 6.32. The van der Waals surface area contributed by atoms with Crippen LogP contribution in [0.1, 0.15) is 31.3 Å². The van der Waals surface area contributed by atoms with Crippen molar-refractivity contribution in [2.45, 2.75) is 26.4 Å². The number of esters is 1. The van der Waals surface area contributed by atoms with Crippen molar-refractivity contribution in [2.75, 3.05) is 19.0 Å². The van der Waals surface area contributed by atoms with E-state index in [0.717, 1.165) is 16.5 Å². The van der Waals surface area contributed by atoms with Crippen LogP contribution in [0.15, 0.2) is 42.5 Å². The topological polar surface area (TPSA) is 42.4 Å². The molecule has 3 rings (SSSR count). The van der Waals surface area contributed by atoms with Crippen molar-refractivity contribution in [3.63, 3.8) is 0 Å². The minimum atomic E-state index is -0.631. The lowest BCUT2D eigenvalue weighted by atomic mass is 9.97. The van der Waals surface area contributed by atoms with Crippen LogP contribution in [-0.2, 0) is 4.74 Å². The second-order valence-electron chi connectivity index (χ2n) is 7.75. The number of benzene rings is 2. The SMILES string of the molecule is CN(C)c1c(C(=O)OC(C)(C)C)nc2ccc(Cl)cc2c1-c1cccc(Cl)c1. The Labute approximate surface area is 175 Å². The van der Waals surface area contributed by atoms with Gasteiger partial charge in [-0.05, 0) is 56.7 Å². The monoisotopic (exact) mass is 416 g/mol. The first-order chi connectivity index (χ1) is 13.1. The summed E-state index contributed by atoms with van der Waals surface area (Å²) in [4.78, 5) is 19.5. The molecule has 0 aliphatic carbocycles.